The van der Waals surface area contributed by atoms with Crippen LogP contribution >= 0.6 is 0 Å². The molecule has 1 spiro atoms. The van der Waals surface area contributed by atoms with Crippen LogP contribution in [0, 0.1) is 0 Å². The molecule has 0 saturated carbocycles. The topological polar surface area (TPSA) is 18.5 Å². The second-order valence-electron chi connectivity index (χ2n) is 4.17. The van der Waals surface area contributed by atoms with Crippen molar-refractivity contribution in [2.24, 2.45) is 0 Å². The molecule has 2 nitrogen and oxygen atoms in total. The summed E-state index contributed by atoms with van der Waals surface area (Å²) in [4.78, 5) is 0. The molecule has 0 unspecified atom stereocenters. The average Bonchev–Trinajstić information content (AvgIpc) is 2.80. The predicted octanol–water partition coefficient (Wildman–Crippen LogP) is 3.03. The van der Waals surface area contributed by atoms with Crippen LogP contribution in [0.15, 0.2) is 11.6 Å². The maximum atomic E-state index is 5.75. The van der Waals surface area contributed by atoms with Crippen LogP contribution in [0.3, 0.4) is 0 Å². The summed E-state index contributed by atoms with van der Waals surface area (Å²) in [7, 11) is 0. The lowest BCUT2D eigenvalue weighted by molar-refractivity contribution is -0.125. The van der Waals surface area contributed by atoms with Crippen molar-refractivity contribution in [2.75, 3.05) is 13.2 Å². The normalized spacial score (nSPS) is 24.5. The summed E-state index contributed by atoms with van der Waals surface area (Å²) in [5.74, 6) is -0.284. The number of hydrogen-bond acceptors (Lipinski definition) is 2. The van der Waals surface area contributed by atoms with Gasteiger partial charge in [0.15, 0.2) is 5.79 Å². The van der Waals surface area contributed by atoms with Gasteiger partial charge in [-0.1, -0.05) is 25.8 Å². The first kappa shape index (κ1) is 10.2. The van der Waals surface area contributed by atoms with Gasteiger partial charge in [-0.3, -0.25) is 0 Å². The summed E-state index contributed by atoms with van der Waals surface area (Å²) in [6.07, 6.45) is 9.51. The summed E-state index contributed by atoms with van der Waals surface area (Å²) >= 11 is 0. The summed E-state index contributed by atoms with van der Waals surface area (Å²) in [6, 6.07) is 0. The van der Waals surface area contributed by atoms with Crippen LogP contribution in [0.4, 0.5) is 0 Å². The van der Waals surface area contributed by atoms with Gasteiger partial charge in [-0.2, -0.15) is 0 Å². The molecule has 0 N–H and O–H groups in total. The van der Waals surface area contributed by atoms with Crippen LogP contribution in [-0.2, 0) is 9.47 Å². The second-order valence-corrected chi connectivity index (χ2v) is 4.17. The summed E-state index contributed by atoms with van der Waals surface area (Å²) in [6.45, 7) is 3.78. The van der Waals surface area contributed by atoms with Crippen molar-refractivity contribution in [3.05, 3.63) is 11.6 Å². The molecule has 2 rings (SSSR count). The second kappa shape index (κ2) is 4.45. The van der Waals surface area contributed by atoms with E-state index in [1.807, 2.05) is 0 Å². The zero-order valence-electron chi connectivity index (χ0n) is 9.05. The highest BCUT2D eigenvalue weighted by atomic mass is 16.7. The first-order chi connectivity index (χ1) is 6.87. The standard InChI is InChI=1S/C12H20O2/c1-2-3-4-6-11-7-5-8-12(11)13-9-10-14-12/h7H,2-6,8-10H2,1H3. The smallest absolute Gasteiger partial charge is 0.191 e. The fourth-order valence-electron chi connectivity index (χ4n) is 2.39. The predicted molar refractivity (Wildman–Crippen MR) is 56.1 cm³/mol. The number of rotatable bonds is 4. The van der Waals surface area contributed by atoms with E-state index < -0.39 is 0 Å². The Hall–Kier alpha value is -0.340. The Morgan fingerprint density at radius 3 is 2.79 bits per heavy atom. The molecular formula is C12H20O2. The Morgan fingerprint density at radius 2 is 2.07 bits per heavy atom. The fraction of sp³-hybridized carbons (Fsp3) is 0.833. The third kappa shape index (κ3) is 1.86. The van der Waals surface area contributed by atoms with Crippen molar-refractivity contribution < 1.29 is 9.47 Å². The molecule has 0 aromatic rings. The molecule has 0 atom stereocenters. The lowest BCUT2D eigenvalue weighted by Gasteiger charge is -2.25. The Balaban J connectivity index is 1.89. The monoisotopic (exact) mass is 196 g/mol. The molecule has 1 fully saturated rings. The molecule has 1 aliphatic carbocycles. The lowest BCUT2D eigenvalue weighted by atomic mass is 10.0. The van der Waals surface area contributed by atoms with Gasteiger partial charge >= 0.3 is 0 Å². The van der Waals surface area contributed by atoms with Crippen LogP contribution < -0.4 is 0 Å². The van der Waals surface area contributed by atoms with Gasteiger partial charge in [0.2, 0.25) is 0 Å². The highest BCUT2D eigenvalue weighted by Crippen LogP contribution is 2.40. The maximum Gasteiger partial charge on any atom is 0.191 e. The van der Waals surface area contributed by atoms with E-state index in [-0.39, 0.29) is 5.79 Å². The van der Waals surface area contributed by atoms with Crippen LogP contribution in [-0.4, -0.2) is 19.0 Å². The van der Waals surface area contributed by atoms with E-state index in [0.29, 0.717) is 0 Å². The van der Waals surface area contributed by atoms with E-state index in [9.17, 15) is 0 Å². The molecule has 0 aromatic carbocycles. The van der Waals surface area contributed by atoms with Crippen LogP contribution in [0.2, 0.25) is 0 Å². The molecule has 1 aliphatic heterocycles. The van der Waals surface area contributed by atoms with Gasteiger partial charge in [-0.15, -0.1) is 0 Å². The number of hydrogen-bond donors (Lipinski definition) is 0. The van der Waals surface area contributed by atoms with Gasteiger partial charge in [0.05, 0.1) is 13.2 Å². The average molecular weight is 196 g/mol. The van der Waals surface area contributed by atoms with Crippen LogP contribution in [0.25, 0.3) is 0 Å². The molecule has 14 heavy (non-hydrogen) atoms. The molecule has 2 heteroatoms. The molecule has 0 aromatic heterocycles. The zero-order valence-corrected chi connectivity index (χ0v) is 9.05. The van der Waals surface area contributed by atoms with E-state index in [1.165, 1.54) is 24.8 Å². The van der Waals surface area contributed by atoms with Crippen LogP contribution in [0.1, 0.15) is 45.4 Å². The SMILES string of the molecule is CCCCCC1=CCCC12OCCO2. The number of ether oxygens (including phenoxy) is 2. The minimum atomic E-state index is -0.284. The number of unbranched alkanes of at least 4 members (excludes halogenated alkanes) is 2. The highest BCUT2D eigenvalue weighted by Gasteiger charge is 2.42. The summed E-state index contributed by atoms with van der Waals surface area (Å²) in [5, 5.41) is 0. The highest BCUT2D eigenvalue weighted by molar-refractivity contribution is 5.20. The van der Waals surface area contributed by atoms with Crippen molar-refractivity contribution >= 4 is 0 Å². The molecule has 1 heterocycles. The fourth-order valence-corrected chi connectivity index (χ4v) is 2.39. The zero-order chi connectivity index (χ0) is 9.86. The van der Waals surface area contributed by atoms with Crippen molar-refractivity contribution in [3.63, 3.8) is 0 Å². The van der Waals surface area contributed by atoms with Crippen molar-refractivity contribution in [1.82, 2.24) is 0 Å². The lowest BCUT2D eigenvalue weighted by Crippen LogP contribution is -2.29. The minimum absolute atomic E-state index is 0.284. The van der Waals surface area contributed by atoms with Gasteiger partial charge in [0, 0.05) is 6.42 Å². The molecule has 0 radical (unpaired) electrons. The third-order valence-corrected chi connectivity index (χ3v) is 3.16. The van der Waals surface area contributed by atoms with E-state index in [4.69, 9.17) is 9.47 Å². The first-order valence-electron chi connectivity index (χ1n) is 5.85. The quantitative estimate of drug-likeness (QED) is 0.508. The molecule has 0 amide bonds. The summed E-state index contributed by atoms with van der Waals surface area (Å²) < 4.78 is 11.5. The van der Waals surface area contributed by atoms with Crippen molar-refractivity contribution in [1.29, 1.82) is 0 Å². The Labute approximate surface area is 86.3 Å². The van der Waals surface area contributed by atoms with Gasteiger partial charge < -0.3 is 9.47 Å². The van der Waals surface area contributed by atoms with Crippen molar-refractivity contribution in [2.45, 2.75) is 51.2 Å². The molecule has 1 saturated heterocycles. The Bertz CT molecular complexity index is 214. The van der Waals surface area contributed by atoms with Crippen molar-refractivity contribution in [3.8, 4) is 0 Å². The summed E-state index contributed by atoms with van der Waals surface area (Å²) in [5.41, 5.74) is 1.41. The number of allylic oxidation sites excluding steroid dienone is 1. The Kier molecular flexibility index (Phi) is 3.24. The molecule has 0 bridgehead atoms. The largest absolute Gasteiger partial charge is 0.344 e. The van der Waals surface area contributed by atoms with E-state index in [0.717, 1.165) is 32.5 Å². The van der Waals surface area contributed by atoms with Gasteiger partial charge in [0.25, 0.3) is 0 Å². The third-order valence-electron chi connectivity index (χ3n) is 3.16. The van der Waals surface area contributed by atoms with Gasteiger partial charge in [0.1, 0.15) is 0 Å². The van der Waals surface area contributed by atoms with E-state index >= 15 is 0 Å². The maximum absolute atomic E-state index is 5.75. The molecule has 80 valence electrons. The molecule has 2 aliphatic rings. The van der Waals surface area contributed by atoms with E-state index in [1.54, 1.807) is 0 Å². The Morgan fingerprint density at radius 1 is 1.29 bits per heavy atom. The minimum Gasteiger partial charge on any atom is -0.344 e. The first-order valence-corrected chi connectivity index (χ1v) is 5.85. The van der Waals surface area contributed by atoms with E-state index in [2.05, 4.69) is 13.0 Å². The molecular weight excluding hydrogens is 176 g/mol. The van der Waals surface area contributed by atoms with Gasteiger partial charge in [-0.25, -0.2) is 0 Å². The van der Waals surface area contributed by atoms with Gasteiger partial charge in [-0.05, 0) is 24.8 Å². The van der Waals surface area contributed by atoms with Crippen LogP contribution in [0.5, 0.6) is 0 Å².